The molecule has 66 heavy (non-hydrogen) atoms. The smallest absolute Gasteiger partial charge is 0.306 e. The summed E-state index contributed by atoms with van der Waals surface area (Å²) in [5.41, 5.74) is 0. The molecule has 0 N–H and O–H groups in total. The summed E-state index contributed by atoms with van der Waals surface area (Å²) >= 11 is 0. The van der Waals surface area contributed by atoms with Crippen molar-refractivity contribution in [3.05, 3.63) is 85.1 Å². The van der Waals surface area contributed by atoms with Gasteiger partial charge in [-0.25, -0.2) is 0 Å². The number of likely N-dealkylation sites (N-methyl/N-ethyl adjacent to an activating group) is 1. The third kappa shape index (κ3) is 45.7. The van der Waals surface area contributed by atoms with Crippen LogP contribution in [0.4, 0.5) is 0 Å². The highest BCUT2D eigenvalue weighted by atomic mass is 16.6. The number of carbonyl (C=O) groups is 3. The molecule has 0 aliphatic heterocycles. The van der Waals surface area contributed by atoms with Crippen molar-refractivity contribution < 1.29 is 38.2 Å². The van der Waals surface area contributed by atoms with E-state index in [0.29, 0.717) is 12.8 Å². The predicted octanol–water partition coefficient (Wildman–Crippen LogP) is 14.3. The van der Waals surface area contributed by atoms with Crippen LogP contribution < -0.4 is 5.11 Å². The van der Waals surface area contributed by atoms with Crippen LogP contribution in [-0.4, -0.2) is 75.5 Å². The van der Waals surface area contributed by atoms with Crippen LogP contribution in [0.15, 0.2) is 85.1 Å². The zero-order chi connectivity index (χ0) is 48.4. The van der Waals surface area contributed by atoms with Gasteiger partial charge in [-0.05, 0) is 77.0 Å². The van der Waals surface area contributed by atoms with Crippen LogP contribution in [0.25, 0.3) is 0 Å². The number of carboxylic acids is 1. The van der Waals surface area contributed by atoms with E-state index in [1.54, 1.807) is 21.1 Å². The van der Waals surface area contributed by atoms with E-state index in [4.69, 9.17) is 14.2 Å². The van der Waals surface area contributed by atoms with Crippen LogP contribution >= 0.6 is 0 Å². The molecule has 0 aliphatic carbocycles. The average Bonchev–Trinajstić information content (AvgIpc) is 3.28. The van der Waals surface area contributed by atoms with Crippen molar-refractivity contribution in [2.24, 2.45) is 0 Å². The fourth-order valence-electron chi connectivity index (χ4n) is 7.45. The Balaban J connectivity index is 4.33. The Morgan fingerprint density at radius 2 is 0.879 bits per heavy atom. The molecule has 0 heterocycles. The molecule has 0 fully saturated rings. The Hall–Kier alpha value is -3.49. The molecule has 0 aromatic rings. The van der Waals surface area contributed by atoms with Gasteiger partial charge in [0, 0.05) is 19.3 Å². The average molecular weight is 922 g/mol. The Morgan fingerprint density at radius 1 is 0.470 bits per heavy atom. The molecule has 0 aliphatic rings. The van der Waals surface area contributed by atoms with Crippen molar-refractivity contribution >= 4 is 17.9 Å². The van der Waals surface area contributed by atoms with Crippen molar-refractivity contribution in [2.75, 3.05) is 41.0 Å². The molecule has 0 bridgehead atoms. The zero-order valence-corrected chi connectivity index (χ0v) is 43.1. The number of hydrogen-bond acceptors (Lipinski definition) is 7. The SMILES string of the molecule is CC/C=C/C/C=C/C/C=C/C/C=C/C/C=C/C/C=C/CCC(=O)OCC(COCCC(C(=O)[O-])[N+](C)(C)C)OC(=O)CCCCCCCCC/C=C/CCCCCCCCCCCCCC. The monoisotopic (exact) mass is 922 g/mol. The number of allylic oxidation sites excluding steroid dienone is 14. The van der Waals surface area contributed by atoms with Crippen LogP contribution in [-0.2, 0) is 28.6 Å². The summed E-state index contributed by atoms with van der Waals surface area (Å²) in [6, 6.07) is -0.742. The van der Waals surface area contributed by atoms with Crippen LogP contribution in [0.2, 0.25) is 0 Å². The molecular formula is C58H99NO7. The van der Waals surface area contributed by atoms with E-state index < -0.39 is 18.1 Å². The molecule has 0 rings (SSSR count). The second-order valence-electron chi connectivity index (χ2n) is 18.7. The van der Waals surface area contributed by atoms with E-state index in [1.807, 2.05) is 12.2 Å². The number of aliphatic carboxylic acids is 1. The van der Waals surface area contributed by atoms with E-state index in [0.717, 1.165) is 57.8 Å². The van der Waals surface area contributed by atoms with Gasteiger partial charge in [0.25, 0.3) is 0 Å². The maximum atomic E-state index is 12.8. The highest BCUT2D eigenvalue weighted by Crippen LogP contribution is 2.15. The Morgan fingerprint density at radius 3 is 1.32 bits per heavy atom. The molecule has 2 atom stereocenters. The molecule has 378 valence electrons. The lowest BCUT2D eigenvalue weighted by Gasteiger charge is -2.34. The summed E-state index contributed by atoms with van der Waals surface area (Å²) < 4.78 is 17.2. The standard InChI is InChI=1S/C58H99NO7/c1-6-8-10-12-14-16-18-20-22-24-26-27-28-29-31-33-35-37-39-41-43-45-47-49-57(61)66-54(52-64-51-50-55(58(62)63)59(3,4)5)53-65-56(60)48-46-44-42-40-38-36-34-32-30-25-23-21-19-17-15-13-11-9-7-2/h9,11,15,17,21,23,29-32,36,38,42,44,54-55H,6-8,10,12-14,16,18-20,22,24-28,33-35,37,39-41,43,45-53H2,1-5H3/b11-9+,17-15+,23-21+,31-29+,32-30+,38-36+,44-42+. The van der Waals surface area contributed by atoms with Gasteiger partial charge in [-0.2, -0.15) is 0 Å². The number of quaternary nitrogens is 1. The Labute approximate surface area is 405 Å². The summed E-state index contributed by atoms with van der Waals surface area (Å²) in [4.78, 5) is 37.0. The quantitative estimate of drug-likeness (QED) is 0.0259. The second kappa shape index (κ2) is 48.0. The lowest BCUT2D eigenvalue weighted by Crippen LogP contribution is -2.55. The summed E-state index contributed by atoms with van der Waals surface area (Å²) in [5.74, 6) is -1.85. The highest BCUT2D eigenvalue weighted by molar-refractivity contribution is 5.70. The first-order valence-electron chi connectivity index (χ1n) is 26.6. The van der Waals surface area contributed by atoms with E-state index in [1.165, 1.54) is 116 Å². The number of carboxylic acid groups (broad SMARTS) is 1. The predicted molar refractivity (Wildman–Crippen MR) is 277 cm³/mol. The lowest BCUT2D eigenvalue weighted by molar-refractivity contribution is -0.889. The summed E-state index contributed by atoms with van der Waals surface area (Å²) in [6.45, 7) is 4.48. The van der Waals surface area contributed by atoms with Gasteiger partial charge < -0.3 is 28.6 Å². The fourth-order valence-corrected chi connectivity index (χ4v) is 7.45. The second-order valence-corrected chi connectivity index (χ2v) is 18.7. The first kappa shape index (κ1) is 62.5. The van der Waals surface area contributed by atoms with Crippen molar-refractivity contribution in [1.29, 1.82) is 0 Å². The topological polar surface area (TPSA) is 102 Å². The van der Waals surface area contributed by atoms with E-state index >= 15 is 0 Å². The molecule has 0 aromatic carbocycles. The van der Waals surface area contributed by atoms with Gasteiger partial charge in [0.15, 0.2) is 6.10 Å². The number of unbranched alkanes of at least 4 members (excludes halogenated alkanes) is 19. The number of hydrogen-bond donors (Lipinski definition) is 0. The summed E-state index contributed by atoms with van der Waals surface area (Å²) in [7, 11) is 5.39. The molecule has 0 spiro atoms. The van der Waals surface area contributed by atoms with Gasteiger partial charge in [0.2, 0.25) is 0 Å². The van der Waals surface area contributed by atoms with Crippen molar-refractivity contribution in [2.45, 2.75) is 225 Å². The van der Waals surface area contributed by atoms with Crippen LogP contribution in [0.1, 0.15) is 213 Å². The van der Waals surface area contributed by atoms with Gasteiger partial charge in [-0.3, -0.25) is 9.59 Å². The molecule has 0 saturated carbocycles. The van der Waals surface area contributed by atoms with Gasteiger partial charge in [-0.1, -0.05) is 202 Å². The Bertz CT molecular complexity index is 1350. The maximum absolute atomic E-state index is 12.8. The molecule has 0 radical (unpaired) electrons. The van der Waals surface area contributed by atoms with Gasteiger partial charge in [0.1, 0.15) is 12.6 Å². The molecule has 8 heteroatoms. The first-order valence-corrected chi connectivity index (χ1v) is 26.6. The number of rotatable bonds is 47. The van der Waals surface area contributed by atoms with Crippen molar-refractivity contribution in [3.63, 3.8) is 0 Å². The molecule has 8 nitrogen and oxygen atoms in total. The number of esters is 2. The van der Waals surface area contributed by atoms with Gasteiger partial charge in [-0.15, -0.1) is 0 Å². The lowest BCUT2D eigenvalue weighted by atomic mass is 10.0. The Kier molecular flexibility index (Phi) is 45.4. The van der Waals surface area contributed by atoms with Crippen molar-refractivity contribution in [3.8, 4) is 0 Å². The molecule has 0 amide bonds. The van der Waals surface area contributed by atoms with E-state index in [-0.39, 0.29) is 49.1 Å². The van der Waals surface area contributed by atoms with E-state index in [9.17, 15) is 19.5 Å². The maximum Gasteiger partial charge on any atom is 0.306 e. The van der Waals surface area contributed by atoms with E-state index in [2.05, 4.69) is 86.8 Å². The first-order chi connectivity index (χ1) is 32.1. The summed E-state index contributed by atoms with van der Waals surface area (Å²) in [6.07, 6.45) is 63.5. The number of carbonyl (C=O) groups excluding carboxylic acids is 3. The fraction of sp³-hybridized carbons (Fsp3) is 0.707. The summed E-state index contributed by atoms with van der Waals surface area (Å²) in [5, 5.41) is 11.7. The molecule has 0 saturated heterocycles. The van der Waals surface area contributed by atoms with Crippen LogP contribution in [0.3, 0.4) is 0 Å². The highest BCUT2D eigenvalue weighted by Gasteiger charge is 2.25. The number of nitrogens with zero attached hydrogens (tertiary/aromatic N) is 1. The minimum Gasteiger partial charge on any atom is -0.544 e. The van der Waals surface area contributed by atoms with Crippen LogP contribution in [0.5, 0.6) is 0 Å². The largest absolute Gasteiger partial charge is 0.544 e. The van der Waals surface area contributed by atoms with Gasteiger partial charge in [0.05, 0.1) is 40.3 Å². The molecule has 0 aromatic heterocycles. The molecule has 2 unspecified atom stereocenters. The number of ether oxygens (including phenoxy) is 3. The minimum atomic E-state index is -1.14. The minimum absolute atomic E-state index is 0.0116. The normalized spacial score (nSPS) is 13.5. The zero-order valence-electron chi connectivity index (χ0n) is 43.1. The van der Waals surface area contributed by atoms with Crippen molar-refractivity contribution in [1.82, 2.24) is 0 Å². The van der Waals surface area contributed by atoms with Crippen LogP contribution in [0, 0.1) is 0 Å². The third-order valence-corrected chi connectivity index (χ3v) is 11.5. The molecular weight excluding hydrogens is 823 g/mol. The van der Waals surface area contributed by atoms with Gasteiger partial charge >= 0.3 is 11.9 Å². The third-order valence-electron chi connectivity index (χ3n) is 11.5.